The molecule has 2 aromatic carbocycles. The van der Waals surface area contributed by atoms with Crippen LogP contribution in [0.3, 0.4) is 0 Å². The number of ether oxygens (including phenoxy) is 1. The Morgan fingerprint density at radius 3 is 2.73 bits per heavy atom. The molecule has 0 aliphatic heterocycles. The Morgan fingerprint density at radius 2 is 2.00 bits per heavy atom. The second kappa shape index (κ2) is 6.95. The number of nitrogens with one attached hydrogen (secondary N) is 1. The molecule has 0 aliphatic rings. The van der Waals surface area contributed by atoms with Crippen molar-refractivity contribution in [3.8, 4) is 5.75 Å². The fourth-order valence-corrected chi connectivity index (χ4v) is 1.98. The van der Waals surface area contributed by atoms with Gasteiger partial charge in [-0.25, -0.2) is 0 Å². The number of anilines is 1. The zero-order chi connectivity index (χ0) is 16.1. The van der Waals surface area contributed by atoms with Crippen molar-refractivity contribution in [2.75, 3.05) is 11.9 Å². The Hall–Kier alpha value is -2.53. The number of carbonyl (C=O) groups excluding carboxylic acids is 2. The normalized spacial score (nSPS) is 10.1. The summed E-state index contributed by atoms with van der Waals surface area (Å²) in [6.07, 6.45) is 0. The van der Waals surface area contributed by atoms with Gasteiger partial charge in [-0.3, -0.25) is 9.59 Å². The highest BCUT2D eigenvalue weighted by atomic mass is 35.5. The maximum absolute atomic E-state index is 12.3. The van der Waals surface area contributed by atoms with Gasteiger partial charge in [0, 0.05) is 16.3 Å². The Balaban J connectivity index is 2.14. The molecule has 0 aliphatic carbocycles. The third-order valence-electron chi connectivity index (χ3n) is 2.93. The van der Waals surface area contributed by atoms with E-state index in [2.05, 4.69) is 5.32 Å². The van der Waals surface area contributed by atoms with Gasteiger partial charge in [-0.15, -0.1) is 0 Å². The number of halogens is 1. The van der Waals surface area contributed by atoms with Gasteiger partial charge in [0.2, 0.25) is 0 Å². The summed E-state index contributed by atoms with van der Waals surface area (Å²) in [5.74, 6) is -0.478. The molecule has 2 rings (SSSR count). The summed E-state index contributed by atoms with van der Waals surface area (Å²) in [6, 6.07) is 11.8. The summed E-state index contributed by atoms with van der Waals surface area (Å²) in [5.41, 5.74) is 6.96. The molecule has 0 heterocycles. The predicted octanol–water partition coefficient (Wildman–Crippen LogP) is 2.76. The Morgan fingerprint density at radius 1 is 1.23 bits per heavy atom. The van der Waals surface area contributed by atoms with Crippen LogP contribution in [-0.4, -0.2) is 18.4 Å². The summed E-state index contributed by atoms with van der Waals surface area (Å²) >= 11 is 5.93. The van der Waals surface area contributed by atoms with Crippen molar-refractivity contribution in [1.29, 1.82) is 0 Å². The lowest BCUT2D eigenvalue weighted by Gasteiger charge is -2.10. The van der Waals surface area contributed by atoms with E-state index < -0.39 is 5.91 Å². The number of amides is 2. The van der Waals surface area contributed by atoms with Crippen LogP contribution in [0, 0.1) is 6.92 Å². The lowest BCUT2D eigenvalue weighted by molar-refractivity contribution is -0.119. The molecule has 2 aromatic rings. The highest BCUT2D eigenvalue weighted by molar-refractivity contribution is 6.31. The molecule has 0 fully saturated rings. The standard InChI is InChI=1S/C16H15ClN2O3/c1-10-5-6-12(17)8-14(10)19-16(21)11-3-2-4-13(7-11)22-9-15(18)20/h2-8H,9H2,1H3,(H2,18,20)(H,19,21). The van der Waals surface area contributed by atoms with Gasteiger partial charge in [-0.2, -0.15) is 0 Å². The second-order valence-corrected chi connectivity index (χ2v) is 5.13. The van der Waals surface area contributed by atoms with E-state index in [0.717, 1.165) is 5.56 Å². The first-order valence-electron chi connectivity index (χ1n) is 6.54. The van der Waals surface area contributed by atoms with Crippen LogP contribution >= 0.6 is 11.6 Å². The van der Waals surface area contributed by atoms with E-state index in [1.807, 2.05) is 13.0 Å². The van der Waals surface area contributed by atoms with Crippen molar-refractivity contribution in [1.82, 2.24) is 0 Å². The molecule has 22 heavy (non-hydrogen) atoms. The average Bonchev–Trinajstić information content (AvgIpc) is 2.49. The van der Waals surface area contributed by atoms with Crippen LogP contribution in [0.4, 0.5) is 5.69 Å². The van der Waals surface area contributed by atoms with Gasteiger partial charge in [0.05, 0.1) is 0 Å². The van der Waals surface area contributed by atoms with Crippen molar-refractivity contribution in [3.63, 3.8) is 0 Å². The number of hydrogen-bond donors (Lipinski definition) is 2. The highest BCUT2D eigenvalue weighted by Crippen LogP contribution is 2.21. The lowest BCUT2D eigenvalue weighted by Crippen LogP contribution is -2.20. The first kappa shape index (κ1) is 15.9. The number of nitrogens with two attached hydrogens (primary N) is 1. The van der Waals surface area contributed by atoms with E-state index in [9.17, 15) is 9.59 Å². The molecule has 0 saturated heterocycles. The summed E-state index contributed by atoms with van der Waals surface area (Å²) in [6.45, 7) is 1.64. The number of primary amides is 1. The summed E-state index contributed by atoms with van der Waals surface area (Å²) in [4.78, 5) is 23.0. The van der Waals surface area contributed by atoms with Crippen molar-refractivity contribution >= 4 is 29.1 Å². The monoisotopic (exact) mass is 318 g/mol. The topological polar surface area (TPSA) is 81.4 Å². The first-order valence-corrected chi connectivity index (χ1v) is 6.92. The summed E-state index contributed by atoms with van der Waals surface area (Å²) in [7, 11) is 0. The van der Waals surface area contributed by atoms with Crippen molar-refractivity contribution in [2.45, 2.75) is 6.92 Å². The molecule has 0 unspecified atom stereocenters. The second-order valence-electron chi connectivity index (χ2n) is 4.70. The van der Waals surface area contributed by atoms with E-state index >= 15 is 0 Å². The van der Waals surface area contributed by atoms with E-state index in [4.69, 9.17) is 22.1 Å². The molecule has 3 N–H and O–H groups in total. The third kappa shape index (κ3) is 4.23. The van der Waals surface area contributed by atoms with Crippen LogP contribution in [-0.2, 0) is 4.79 Å². The lowest BCUT2D eigenvalue weighted by atomic mass is 10.1. The van der Waals surface area contributed by atoms with Crippen LogP contribution in [0.15, 0.2) is 42.5 Å². The first-order chi connectivity index (χ1) is 10.5. The smallest absolute Gasteiger partial charge is 0.255 e. The average molecular weight is 319 g/mol. The molecule has 6 heteroatoms. The van der Waals surface area contributed by atoms with Crippen molar-refractivity contribution in [2.24, 2.45) is 5.73 Å². The van der Waals surface area contributed by atoms with Crippen molar-refractivity contribution < 1.29 is 14.3 Å². The molecule has 0 atom stereocenters. The minimum absolute atomic E-state index is 0.238. The van der Waals surface area contributed by atoms with Gasteiger partial charge < -0.3 is 15.8 Å². The molecule has 0 aromatic heterocycles. The van der Waals surface area contributed by atoms with Gasteiger partial charge in [0.25, 0.3) is 11.8 Å². The van der Waals surface area contributed by atoms with Crippen LogP contribution in [0.25, 0.3) is 0 Å². The fourth-order valence-electron chi connectivity index (χ4n) is 1.80. The number of carbonyl (C=O) groups is 2. The van der Waals surface area contributed by atoms with Crippen LogP contribution in [0.1, 0.15) is 15.9 Å². The minimum Gasteiger partial charge on any atom is -0.484 e. The Labute approximate surface area is 133 Å². The van der Waals surface area contributed by atoms with Crippen LogP contribution in [0.2, 0.25) is 5.02 Å². The Kier molecular flexibility index (Phi) is 5.01. The molecule has 5 nitrogen and oxygen atoms in total. The molecule has 0 spiro atoms. The zero-order valence-corrected chi connectivity index (χ0v) is 12.7. The molecule has 0 saturated carbocycles. The number of rotatable bonds is 5. The van der Waals surface area contributed by atoms with Crippen LogP contribution < -0.4 is 15.8 Å². The van der Waals surface area contributed by atoms with E-state index in [1.54, 1.807) is 30.3 Å². The number of aryl methyl sites for hydroxylation is 1. The van der Waals surface area contributed by atoms with Gasteiger partial charge in [-0.05, 0) is 42.8 Å². The number of hydrogen-bond acceptors (Lipinski definition) is 3. The minimum atomic E-state index is -0.579. The molecular weight excluding hydrogens is 304 g/mol. The highest BCUT2D eigenvalue weighted by Gasteiger charge is 2.09. The number of benzene rings is 2. The van der Waals surface area contributed by atoms with Gasteiger partial charge in [-0.1, -0.05) is 23.7 Å². The van der Waals surface area contributed by atoms with E-state index in [1.165, 1.54) is 6.07 Å². The van der Waals surface area contributed by atoms with Crippen molar-refractivity contribution in [3.05, 3.63) is 58.6 Å². The molecule has 0 bridgehead atoms. The summed E-state index contributed by atoms with van der Waals surface area (Å²) in [5, 5.41) is 3.33. The molecular formula is C16H15ClN2O3. The molecule has 0 radical (unpaired) electrons. The summed E-state index contributed by atoms with van der Waals surface area (Å²) < 4.78 is 5.18. The van der Waals surface area contributed by atoms with E-state index in [0.29, 0.717) is 22.0 Å². The van der Waals surface area contributed by atoms with Gasteiger partial charge in [0.15, 0.2) is 6.61 Å². The quantitative estimate of drug-likeness (QED) is 0.889. The fraction of sp³-hybridized carbons (Fsp3) is 0.125. The maximum Gasteiger partial charge on any atom is 0.255 e. The molecule has 2 amide bonds. The third-order valence-corrected chi connectivity index (χ3v) is 3.16. The van der Waals surface area contributed by atoms with Gasteiger partial charge in [0.1, 0.15) is 5.75 Å². The molecule has 114 valence electrons. The Bertz CT molecular complexity index is 716. The predicted molar refractivity (Wildman–Crippen MR) is 85.3 cm³/mol. The largest absolute Gasteiger partial charge is 0.484 e. The van der Waals surface area contributed by atoms with Gasteiger partial charge >= 0.3 is 0 Å². The van der Waals surface area contributed by atoms with E-state index in [-0.39, 0.29) is 12.5 Å². The SMILES string of the molecule is Cc1ccc(Cl)cc1NC(=O)c1cccc(OCC(N)=O)c1. The van der Waals surface area contributed by atoms with Crippen LogP contribution in [0.5, 0.6) is 5.75 Å². The zero-order valence-electron chi connectivity index (χ0n) is 11.9. The maximum atomic E-state index is 12.3.